The van der Waals surface area contributed by atoms with Gasteiger partial charge in [-0.2, -0.15) is 4.31 Å². The van der Waals surface area contributed by atoms with E-state index in [0.717, 1.165) is 11.1 Å². The Morgan fingerprint density at radius 1 is 1.04 bits per heavy atom. The highest BCUT2D eigenvalue weighted by Crippen LogP contribution is 2.23. The zero-order valence-electron chi connectivity index (χ0n) is 15.5. The van der Waals surface area contributed by atoms with Crippen LogP contribution >= 0.6 is 0 Å². The quantitative estimate of drug-likeness (QED) is 0.614. The van der Waals surface area contributed by atoms with Gasteiger partial charge < -0.3 is 9.42 Å². The lowest BCUT2D eigenvalue weighted by Crippen LogP contribution is -2.49. The average molecular weight is 399 g/mol. The molecule has 1 saturated heterocycles. The molecular formula is C20H21N3O4S. The molecule has 28 heavy (non-hydrogen) atoms. The first-order chi connectivity index (χ1) is 13.4. The Balaban J connectivity index is 1.43. The van der Waals surface area contributed by atoms with Crippen molar-refractivity contribution in [1.29, 1.82) is 0 Å². The Morgan fingerprint density at radius 3 is 2.39 bits per heavy atom. The molecule has 1 aliphatic rings. The number of Topliss-reactive ketones (excluding diaryl/α,β-unsaturated/α-hetero) is 1. The number of ketones is 1. The summed E-state index contributed by atoms with van der Waals surface area (Å²) >= 11 is 0. The van der Waals surface area contributed by atoms with Gasteiger partial charge in [0.2, 0.25) is 10.0 Å². The van der Waals surface area contributed by atoms with E-state index in [9.17, 15) is 13.2 Å². The van der Waals surface area contributed by atoms with E-state index in [1.54, 1.807) is 18.2 Å². The third-order valence-corrected chi connectivity index (χ3v) is 6.83. The van der Waals surface area contributed by atoms with E-state index in [2.05, 4.69) is 10.1 Å². The molecule has 0 aliphatic carbocycles. The Morgan fingerprint density at radius 2 is 1.71 bits per heavy atom. The van der Waals surface area contributed by atoms with Gasteiger partial charge in [0.1, 0.15) is 11.4 Å². The van der Waals surface area contributed by atoms with Gasteiger partial charge in [-0.15, -0.1) is 0 Å². The topological polar surface area (TPSA) is 83.7 Å². The van der Waals surface area contributed by atoms with Crippen LogP contribution in [0.25, 0.3) is 11.0 Å². The normalized spacial score (nSPS) is 15.8. The van der Waals surface area contributed by atoms with Gasteiger partial charge in [0.15, 0.2) is 11.4 Å². The van der Waals surface area contributed by atoms with Crippen molar-refractivity contribution >= 4 is 32.5 Å². The van der Waals surface area contributed by atoms with Gasteiger partial charge in [-0.3, -0.25) is 4.79 Å². The summed E-state index contributed by atoms with van der Waals surface area (Å²) in [6, 6.07) is 14.7. The zero-order chi connectivity index (χ0) is 19.7. The number of anilines is 1. The van der Waals surface area contributed by atoms with Crippen molar-refractivity contribution in [2.75, 3.05) is 31.1 Å². The summed E-state index contributed by atoms with van der Waals surface area (Å²) in [6.07, 6.45) is 0. The first-order valence-corrected chi connectivity index (χ1v) is 10.7. The van der Waals surface area contributed by atoms with Crippen molar-refractivity contribution in [2.45, 2.75) is 12.7 Å². The van der Waals surface area contributed by atoms with Crippen molar-refractivity contribution in [1.82, 2.24) is 9.46 Å². The van der Waals surface area contributed by atoms with E-state index in [-0.39, 0.29) is 11.5 Å². The number of nitrogens with zero attached hydrogens (tertiary/aromatic N) is 3. The van der Waals surface area contributed by atoms with E-state index in [0.29, 0.717) is 43.0 Å². The van der Waals surface area contributed by atoms with E-state index in [1.807, 2.05) is 30.3 Å². The lowest BCUT2D eigenvalue weighted by Gasteiger charge is -2.35. The fraction of sp³-hybridized carbons (Fsp3) is 0.300. The number of rotatable bonds is 5. The van der Waals surface area contributed by atoms with E-state index >= 15 is 0 Å². The van der Waals surface area contributed by atoms with Gasteiger partial charge >= 0.3 is 0 Å². The van der Waals surface area contributed by atoms with E-state index < -0.39 is 10.0 Å². The maximum atomic E-state index is 12.8. The van der Waals surface area contributed by atoms with Crippen LogP contribution in [0.5, 0.6) is 0 Å². The standard InChI is InChI=1S/C20H21N3O4S/c1-15(24)16-6-8-17(9-7-16)22-10-12-23(13-11-22)28(25,26)14-19-18-4-2-3-5-20(18)27-21-19/h2-9H,10-14H2,1H3. The molecule has 0 atom stereocenters. The highest BCUT2D eigenvalue weighted by Gasteiger charge is 2.29. The van der Waals surface area contributed by atoms with Crippen LogP contribution in [0.4, 0.5) is 5.69 Å². The second-order valence-corrected chi connectivity index (χ2v) is 8.84. The predicted octanol–water partition coefficient (Wildman–Crippen LogP) is 2.68. The minimum absolute atomic E-state index is 0.0304. The van der Waals surface area contributed by atoms with Crippen LogP contribution in [-0.2, 0) is 15.8 Å². The molecule has 1 aromatic heterocycles. The van der Waals surface area contributed by atoms with Crippen LogP contribution in [0.1, 0.15) is 23.0 Å². The summed E-state index contributed by atoms with van der Waals surface area (Å²) in [5.74, 6) is -0.139. The molecule has 0 N–H and O–H groups in total. The van der Waals surface area contributed by atoms with Gasteiger partial charge in [-0.05, 0) is 43.3 Å². The SMILES string of the molecule is CC(=O)c1ccc(N2CCN(S(=O)(=O)Cc3noc4ccccc34)CC2)cc1. The molecule has 3 aromatic rings. The largest absolute Gasteiger partial charge is 0.369 e. The first-order valence-electron chi connectivity index (χ1n) is 9.11. The maximum absolute atomic E-state index is 12.8. The monoisotopic (exact) mass is 399 g/mol. The van der Waals surface area contributed by atoms with Gasteiger partial charge in [-0.25, -0.2) is 8.42 Å². The lowest BCUT2D eigenvalue weighted by molar-refractivity contribution is 0.101. The summed E-state index contributed by atoms with van der Waals surface area (Å²) in [4.78, 5) is 13.5. The number of hydrogen-bond donors (Lipinski definition) is 0. The number of benzene rings is 2. The molecule has 0 radical (unpaired) electrons. The number of aromatic nitrogens is 1. The Hall–Kier alpha value is -2.71. The van der Waals surface area contributed by atoms with Crippen molar-refractivity contribution in [3.63, 3.8) is 0 Å². The van der Waals surface area contributed by atoms with E-state index in [4.69, 9.17) is 4.52 Å². The highest BCUT2D eigenvalue weighted by atomic mass is 32.2. The second kappa shape index (κ2) is 7.37. The molecule has 2 heterocycles. The number of piperazine rings is 1. The zero-order valence-corrected chi connectivity index (χ0v) is 16.4. The number of sulfonamides is 1. The van der Waals surface area contributed by atoms with Crippen LogP contribution < -0.4 is 4.90 Å². The summed E-state index contributed by atoms with van der Waals surface area (Å²) < 4.78 is 32.4. The van der Waals surface area contributed by atoms with Crippen molar-refractivity contribution in [3.8, 4) is 0 Å². The molecule has 0 spiro atoms. The van der Waals surface area contributed by atoms with Gasteiger partial charge in [0.25, 0.3) is 0 Å². The van der Waals surface area contributed by atoms with Gasteiger partial charge in [-0.1, -0.05) is 17.3 Å². The van der Waals surface area contributed by atoms with Crippen molar-refractivity contribution in [3.05, 3.63) is 59.8 Å². The summed E-state index contributed by atoms with van der Waals surface area (Å²) in [5, 5.41) is 4.67. The van der Waals surface area contributed by atoms with Gasteiger partial charge in [0, 0.05) is 42.8 Å². The van der Waals surface area contributed by atoms with Crippen LogP contribution in [0.2, 0.25) is 0 Å². The Kier molecular flexibility index (Phi) is 4.91. The fourth-order valence-electron chi connectivity index (χ4n) is 3.44. The molecule has 1 fully saturated rings. The molecule has 7 nitrogen and oxygen atoms in total. The lowest BCUT2D eigenvalue weighted by atomic mass is 10.1. The predicted molar refractivity (Wildman–Crippen MR) is 107 cm³/mol. The average Bonchev–Trinajstić information content (AvgIpc) is 3.10. The second-order valence-electron chi connectivity index (χ2n) is 6.87. The van der Waals surface area contributed by atoms with Crippen molar-refractivity contribution < 1.29 is 17.7 Å². The molecule has 0 saturated carbocycles. The number of fused-ring (bicyclic) bond motifs is 1. The molecule has 2 aromatic carbocycles. The number of carbonyl (C=O) groups is 1. The molecular weight excluding hydrogens is 378 g/mol. The fourth-order valence-corrected chi connectivity index (χ4v) is 4.89. The summed E-state index contributed by atoms with van der Waals surface area (Å²) in [6.45, 7) is 3.55. The number of carbonyl (C=O) groups excluding carboxylic acids is 1. The molecule has 1 aliphatic heterocycles. The third kappa shape index (κ3) is 3.65. The molecule has 4 rings (SSSR count). The van der Waals surface area contributed by atoms with Crippen molar-refractivity contribution in [2.24, 2.45) is 0 Å². The van der Waals surface area contributed by atoms with Crippen LogP contribution in [0.15, 0.2) is 53.1 Å². The molecule has 0 bridgehead atoms. The molecule has 8 heteroatoms. The van der Waals surface area contributed by atoms with Crippen LogP contribution in [0, 0.1) is 0 Å². The third-order valence-electron chi connectivity index (χ3n) is 5.04. The van der Waals surface area contributed by atoms with Crippen LogP contribution in [-0.4, -0.2) is 49.8 Å². The highest BCUT2D eigenvalue weighted by molar-refractivity contribution is 7.88. The smallest absolute Gasteiger partial charge is 0.220 e. The minimum atomic E-state index is -3.48. The molecule has 0 unspecified atom stereocenters. The number of hydrogen-bond acceptors (Lipinski definition) is 6. The number of para-hydroxylation sites is 1. The summed E-state index contributed by atoms with van der Waals surface area (Å²) in [5.41, 5.74) is 2.69. The molecule has 0 amide bonds. The first kappa shape index (κ1) is 18.6. The minimum Gasteiger partial charge on any atom is -0.369 e. The Labute approximate surface area is 163 Å². The summed E-state index contributed by atoms with van der Waals surface area (Å²) in [7, 11) is -3.48. The molecule has 146 valence electrons. The van der Waals surface area contributed by atoms with E-state index in [1.165, 1.54) is 11.2 Å². The van der Waals surface area contributed by atoms with Gasteiger partial charge in [0.05, 0.1) is 0 Å². The van der Waals surface area contributed by atoms with Crippen LogP contribution in [0.3, 0.4) is 0 Å². The Bertz CT molecular complexity index is 1100. The maximum Gasteiger partial charge on any atom is 0.220 e.